The smallest absolute Gasteiger partial charge is 0.233 e. The van der Waals surface area contributed by atoms with Crippen molar-refractivity contribution in [2.45, 2.75) is 43.4 Å². The SMILES string of the molecule is O=C(N1CCCC(c2nc3ccccc3o2)C1)C1(c2ccc(Br)cc2)CCC1. The molecule has 1 unspecified atom stereocenters. The van der Waals surface area contributed by atoms with Gasteiger partial charge in [0.1, 0.15) is 5.52 Å². The lowest BCUT2D eigenvalue weighted by Gasteiger charge is -2.45. The highest BCUT2D eigenvalue weighted by Crippen LogP contribution is 2.46. The number of hydrogen-bond acceptors (Lipinski definition) is 3. The van der Waals surface area contributed by atoms with Crippen molar-refractivity contribution >= 4 is 32.9 Å². The van der Waals surface area contributed by atoms with Gasteiger partial charge in [-0.3, -0.25) is 4.79 Å². The van der Waals surface area contributed by atoms with Gasteiger partial charge < -0.3 is 9.32 Å². The van der Waals surface area contributed by atoms with Gasteiger partial charge in [0.15, 0.2) is 11.5 Å². The minimum Gasteiger partial charge on any atom is -0.440 e. The van der Waals surface area contributed by atoms with E-state index in [9.17, 15) is 4.79 Å². The van der Waals surface area contributed by atoms with Crippen molar-refractivity contribution in [1.82, 2.24) is 9.88 Å². The van der Waals surface area contributed by atoms with Gasteiger partial charge in [0.2, 0.25) is 5.91 Å². The van der Waals surface area contributed by atoms with Crippen molar-refractivity contribution in [3.63, 3.8) is 0 Å². The Hall–Kier alpha value is -2.14. The average molecular weight is 439 g/mol. The summed E-state index contributed by atoms with van der Waals surface area (Å²) in [4.78, 5) is 20.3. The number of likely N-dealkylation sites (tertiary alicyclic amines) is 1. The third kappa shape index (κ3) is 2.96. The van der Waals surface area contributed by atoms with E-state index in [0.29, 0.717) is 6.54 Å². The highest BCUT2D eigenvalue weighted by atomic mass is 79.9. The van der Waals surface area contributed by atoms with Crippen LogP contribution in [0.3, 0.4) is 0 Å². The summed E-state index contributed by atoms with van der Waals surface area (Å²) in [6.45, 7) is 1.53. The normalized spacial score (nSPS) is 21.5. The third-order valence-electron chi connectivity index (χ3n) is 6.38. The zero-order valence-electron chi connectivity index (χ0n) is 15.7. The standard InChI is InChI=1S/C23H23BrN2O2/c24-18-10-8-17(9-11-18)23(12-4-13-23)22(27)26-14-3-5-16(15-26)21-25-19-6-1-2-7-20(19)28-21/h1-2,6-11,16H,3-5,12-15H2. The molecule has 5 rings (SSSR count). The molecule has 1 aliphatic heterocycles. The Balaban J connectivity index is 1.39. The van der Waals surface area contributed by atoms with Gasteiger partial charge in [-0.25, -0.2) is 4.98 Å². The molecule has 1 aliphatic carbocycles. The second-order valence-electron chi connectivity index (χ2n) is 8.05. The van der Waals surface area contributed by atoms with E-state index in [1.807, 2.05) is 36.4 Å². The molecule has 5 heteroatoms. The second-order valence-corrected chi connectivity index (χ2v) is 8.97. The topological polar surface area (TPSA) is 46.3 Å². The summed E-state index contributed by atoms with van der Waals surface area (Å²) in [5, 5.41) is 0. The van der Waals surface area contributed by atoms with Crippen LogP contribution in [0.15, 0.2) is 57.4 Å². The van der Waals surface area contributed by atoms with Crippen molar-refractivity contribution in [1.29, 1.82) is 0 Å². The van der Waals surface area contributed by atoms with Gasteiger partial charge in [-0.05, 0) is 55.5 Å². The van der Waals surface area contributed by atoms with Gasteiger partial charge in [0.25, 0.3) is 0 Å². The van der Waals surface area contributed by atoms with E-state index in [4.69, 9.17) is 4.42 Å². The van der Waals surface area contributed by atoms with Crippen LogP contribution in [0, 0.1) is 0 Å². The maximum atomic E-state index is 13.6. The number of nitrogens with zero attached hydrogens (tertiary/aromatic N) is 2. The first-order valence-electron chi connectivity index (χ1n) is 10.1. The maximum absolute atomic E-state index is 13.6. The van der Waals surface area contributed by atoms with Crippen LogP contribution in [-0.4, -0.2) is 28.9 Å². The molecule has 1 saturated carbocycles. The molecule has 144 valence electrons. The molecule has 2 aliphatic rings. The molecule has 0 bridgehead atoms. The van der Waals surface area contributed by atoms with Gasteiger partial charge in [0, 0.05) is 17.6 Å². The number of carbonyl (C=O) groups is 1. The molecule has 0 spiro atoms. The lowest BCUT2D eigenvalue weighted by molar-refractivity contribution is -0.142. The molecular weight excluding hydrogens is 416 g/mol. The van der Waals surface area contributed by atoms with Crippen LogP contribution in [0.5, 0.6) is 0 Å². The number of hydrogen-bond donors (Lipinski definition) is 0. The van der Waals surface area contributed by atoms with Crippen LogP contribution in [0.25, 0.3) is 11.1 Å². The minimum atomic E-state index is -0.343. The first kappa shape index (κ1) is 17.9. The fraction of sp³-hybridized carbons (Fsp3) is 0.391. The van der Waals surface area contributed by atoms with Gasteiger partial charge in [-0.1, -0.05) is 46.6 Å². The van der Waals surface area contributed by atoms with E-state index in [0.717, 1.165) is 65.7 Å². The number of halogens is 1. The quantitative estimate of drug-likeness (QED) is 0.548. The van der Waals surface area contributed by atoms with Crippen molar-refractivity contribution < 1.29 is 9.21 Å². The number of piperidine rings is 1. The summed E-state index contributed by atoms with van der Waals surface area (Å²) in [6.07, 6.45) is 5.01. The second kappa shape index (κ2) is 7.03. The minimum absolute atomic E-state index is 0.173. The van der Waals surface area contributed by atoms with Crippen molar-refractivity contribution in [2.24, 2.45) is 0 Å². The maximum Gasteiger partial charge on any atom is 0.233 e. The number of fused-ring (bicyclic) bond motifs is 1. The predicted molar refractivity (Wildman–Crippen MR) is 112 cm³/mol. The molecule has 0 radical (unpaired) electrons. The zero-order valence-corrected chi connectivity index (χ0v) is 17.3. The number of amides is 1. The number of oxazole rings is 1. The number of benzene rings is 2. The highest BCUT2D eigenvalue weighted by molar-refractivity contribution is 9.10. The Morgan fingerprint density at radius 1 is 1.11 bits per heavy atom. The number of rotatable bonds is 3. The molecule has 2 aromatic carbocycles. The lowest BCUT2D eigenvalue weighted by Crippen LogP contribution is -2.53. The zero-order chi connectivity index (χ0) is 19.1. The van der Waals surface area contributed by atoms with E-state index in [1.54, 1.807) is 0 Å². The van der Waals surface area contributed by atoms with Crippen LogP contribution in [0.2, 0.25) is 0 Å². The largest absolute Gasteiger partial charge is 0.440 e. The van der Waals surface area contributed by atoms with Crippen LogP contribution in [-0.2, 0) is 10.2 Å². The van der Waals surface area contributed by atoms with E-state index in [2.05, 4.69) is 37.9 Å². The molecule has 1 amide bonds. The summed E-state index contributed by atoms with van der Waals surface area (Å²) in [6, 6.07) is 16.2. The Morgan fingerprint density at radius 2 is 1.89 bits per heavy atom. The van der Waals surface area contributed by atoms with Crippen molar-refractivity contribution in [3.8, 4) is 0 Å². The summed E-state index contributed by atoms with van der Waals surface area (Å²) in [5.74, 6) is 1.22. The number of carbonyl (C=O) groups excluding carboxylic acids is 1. The molecule has 1 saturated heterocycles. The van der Waals surface area contributed by atoms with Gasteiger partial charge >= 0.3 is 0 Å². The highest BCUT2D eigenvalue weighted by Gasteiger charge is 2.48. The summed E-state index contributed by atoms with van der Waals surface area (Å²) in [5.41, 5.74) is 2.53. The molecule has 2 heterocycles. The Bertz CT molecular complexity index is 974. The molecule has 3 aromatic rings. The first-order valence-corrected chi connectivity index (χ1v) is 10.9. The number of aromatic nitrogens is 1. The molecule has 28 heavy (non-hydrogen) atoms. The predicted octanol–water partition coefficient (Wildman–Crippen LogP) is 5.42. The molecule has 1 atom stereocenters. The molecular formula is C23H23BrN2O2. The Kier molecular flexibility index (Phi) is 4.50. The Morgan fingerprint density at radius 3 is 2.61 bits per heavy atom. The van der Waals surface area contributed by atoms with Crippen LogP contribution >= 0.6 is 15.9 Å². The molecule has 0 N–H and O–H groups in total. The lowest BCUT2D eigenvalue weighted by atomic mass is 9.63. The average Bonchev–Trinajstić information content (AvgIpc) is 3.13. The van der Waals surface area contributed by atoms with Crippen molar-refractivity contribution in [2.75, 3.05) is 13.1 Å². The first-order chi connectivity index (χ1) is 13.7. The van der Waals surface area contributed by atoms with Gasteiger partial charge in [0.05, 0.1) is 11.3 Å². The molecule has 2 fully saturated rings. The van der Waals surface area contributed by atoms with Crippen molar-refractivity contribution in [3.05, 3.63) is 64.5 Å². The van der Waals surface area contributed by atoms with Crippen LogP contribution < -0.4 is 0 Å². The number of para-hydroxylation sites is 2. The van der Waals surface area contributed by atoms with E-state index in [-0.39, 0.29) is 17.2 Å². The van der Waals surface area contributed by atoms with Gasteiger partial charge in [-0.15, -0.1) is 0 Å². The fourth-order valence-electron chi connectivity index (χ4n) is 4.66. The summed E-state index contributed by atoms with van der Waals surface area (Å²) < 4.78 is 7.05. The van der Waals surface area contributed by atoms with Crippen LogP contribution in [0.1, 0.15) is 49.5 Å². The summed E-state index contributed by atoms with van der Waals surface area (Å²) in [7, 11) is 0. The fourth-order valence-corrected chi connectivity index (χ4v) is 4.92. The van der Waals surface area contributed by atoms with Crippen LogP contribution in [0.4, 0.5) is 0 Å². The van der Waals surface area contributed by atoms with Gasteiger partial charge in [-0.2, -0.15) is 0 Å². The Labute approximate surface area is 173 Å². The van der Waals surface area contributed by atoms with E-state index in [1.165, 1.54) is 0 Å². The monoisotopic (exact) mass is 438 g/mol. The molecule has 4 nitrogen and oxygen atoms in total. The summed E-state index contributed by atoms with van der Waals surface area (Å²) >= 11 is 3.50. The van der Waals surface area contributed by atoms with E-state index < -0.39 is 0 Å². The van der Waals surface area contributed by atoms with E-state index >= 15 is 0 Å². The third-order valence-corrected chi connectivity index (χ3v) is 6.91. The molecule has 1 aromatic heterocycles.